The van der Waals surface area contributed by atoms with Crippen molar-refractivity contribution in [2.75, 3.05) is 0 Å². The van der Waals surface area contributed by atoms with Crippen LogP contribution in [0.15, 0.2) is 176 Å². The Bertz CT molecular complexity index is 3840. The highest BCUT2D eigenvalue weighted by molar-refractivity contribution is 7.26. The summed E-state index contributed by atoms with van der Waals surface area (Å²) in [5, 5.41) is 17.0. The zero-order valence-electron chi connectivity index (χ0n) is 37.9. The van der Waals surface area contributed by atoms with Crippen molar-refractivity contribution in [3.63, 3.8) is 0 Å². The lowest BCUT2D eigenvalue weighted by atomic mass is 9.76. The Hall–Kier alpha value is -7.79. The van der Waals surface area contributed by atoms with Crippen molar-refractivity contribution >= 4 is 31.5 Å². The second-order valence-electron chi connectivity index (χ2n) is 18.4. The van der Waals surface area contributed by atoms with Gasteiger partial charge in [-0.15, -0.1) is 21.5 Å². The maximum absolute atomic E-state index is 5.06. The minimum absolute atomic E-state index is 0.807. The minimum atomic E-state index is 0.807. The molecule has 0 bridgehead atoms. The predicted octanol–water partition coefficient (Wildman–Crippen LogP) is 16.6. The van der Waals surface area contributed by atoms with Crippen LogP contribution in [-0.2, 0) is 12.8 Å². The van der Waals surface area contributed by atoms with Crippen LogP contribution in [0.4, 0.5) is 0 Å². The largest absolute Gasteiger partial charge is 0.135 e. The van der Waals surface area contributed by atoms with Crippen molar-refractivity contribution in [3.8, 4) is 89.3 Å². The molecule has 2 aromatic heterocycles. The summed E-state index contributed by atoms with van der Waals surface area (Å²) < 4.78 is 2.55. The lowest BCUT2D eigenvalue weighted by Crippen LogP contribution is -2.04. The van der Waals surface area contributed by atoms with Crippen molar-refractivity contribution < 1.29 is 0 Å². The molecule has 0 atom stereocenters. The van der Waals surface area contributed by atoms with Crippen LogP contribution in [0.1, 0.15) is 44.5 Å². The summed E-state index contributed by atoms with van der Waals surface area (Å²) in [4.78, 5) is 0. The Kier molecular flexibility index (Phi) is 9.10. The van der Waals surface area contributed by atoms with Gasteiger partial charge in [-0.2, -0.15) is 0 Å². The van der Waals surface area contributed by atoms with Crippen molar-refractivity contribution in [2.45, 2.75) is 40.5 Å². The molecule has 3 nitrogen and oxygen atoms in total. The Morgan fingerprint density at radius 3 is 1.57 bits per heavy atom. The molecule has 318 valence electrons. The van der Waals surface area contributed by atoms with E-state index >= 15 is 0 Å². The van der Waals surface area contributed by atoms with Gasteiger partial charge in [0, 0.05) is 42.4 Å². The van der Waals surface area contributed by atoms with E-state index in [1.165, 1.54) is 115 Å². The number of aryl methyl sites for hydroxylation is 2. The molecule has 2 heterocycles. The SMILES string of the molecule is Cc1cc2c(c(-c3cc4sc5ccccc5c4c(-c4ccccc4-c4nnnc(-c5ccccc5)c4-c4ccccc4)c3-c3c(C)c(C)cc4c3Cc3ccccc3-4)c1C)Cc1ccccc1-2. The summed E-state index contributed by atoms with van der Waals surface area (Å²) >= 11 is 1.90. The summed E-state index contributed by atoms with van der Waals surface area (Å²) in [6, 6.07) is 64.5. The van der Waals surface area contributed by atoms with E-state index in [0.717, 1.165) is 52.0 Å². The lowest BCUT2D eigenvalue weighted by Gasteiger charge is -2.26. The Labute approximate surface area is 395 Å². The molecule has 9 aromatic carbocycles. The van der Waals surface area contributed by atoms with Crippen LogP contribution < -0.4 is 0 Å². The van der Waals surface area contributed by atoms with E-state index < -0.39 is 0 Å². The quantitative estimate of drug-likeness (QED) is 0.167. The molecule has 0 radical (unpaired) electrons. The Morgan fingerprint density at radius 2 is 0.896 bits per heavy atom. The van der Waals surface area contributed by atoms with E-state index in [1.54, 1.807) is 0 Å². The molecule has 0 saturated carbocycles. The summed E-state index contributed by atoms with van der Waals surface area (Å²) in [6.45, 7) is 9.33. The van der Waals surface area contributed by atoms with Crippen LogP contribution in [0.5, 0.6) is 0 Å². The monoisotopic (exact) mass is 875 g/mol. The molecule has 67 heavy (non-hydrogen) atoms. The first-order valence-corrected chi connectivity index (χ1v) is 24.1. The summed E-state index contributed by atoms with van der Waals surface area (Å²) in [6.07, 6.45) is 1.76. The summed E-state index contributed by atoms with van der Waals surface area (Å²) in [5.41, 5.74) is 29.5. The van der Waals surface area contributed by atoms with Gasteiger partial charge in [-0.05, 0) is 158 Å². The predicted molar refractivity (Wildman–Crippen MR) is 281 cm³/mol. The van der Waals surface area contributed by atoms with E-state index in [-0.39, 0.29) is 0 Å². The van der Waals surface area contributed by atoms with Gasteiger partial charge < -0.3 is 0 Å². The van der Waals surface area contributed by atoms with E-state index in [0.29, 0.717) is 0 Å². The van der Waals surface area contributed by atoms with Gasteiger partial charge in [0.25, 0.3) is 0 Å². The molecule has 13 rings (SSSR count). The standard InChI is InChI=1S/C63H45N3S/c1-36-31-49-44-25-13-11-23-42(44)33-51(49)56(38(36)3)53-35-55-59(48-29-17-18-30-54(48)67-55)60(61(53)57-39(4)37(2)32-50-45-26-14-12-24-43(45)34-52(50)57)46-27-15-16-28-47(46)63-58(40-19-7-5-8-20-40)62(64-66-65-63)41-21-9-6-10-22-41/h5-32,35H,33-34H2,1-4H3. The fourth-order valence-electron chi connectivity index (χ4n) is 11.5. The minimum Gasteiger partial charge on any atom is -0.135 e. The maximum atomic E-state index is 5.06. The number of thiophene rings is 1. The molecule has 0 N–H and O–H groups in total. The van der Waals surface area contributed by atoms with E-state index in [2.05, 4.69) is 203 Å². The second kappa shape index (κ2) is 15.4. The molecule has 0 aliphatic heterocycles. The molecule has 0 saturated heterocycles. The molecule has 0 spiro atoms. The van der Waals surface area contributed by atoms with Gasteiger partial charge >= 0.3 is 0 Å². The van der Waals surface area contributed by atoms with Crippen molar-refractivity contribution in [3.05, 3.63) is 220 Å². The second-order valence-corrected chi connectivity index (χ2v) is 19.5. The molecule has 0 amide bonds. The third kappa shape index (κ3) is 6.06. The first-order valence-electron chi connectivity index (χ1n) is 23.3. The number of fused-ring (bicyclic) bond motifs is 9. The van der Waals surface area contributed by atoms with Gasteiger partial charge in [-0.1, -0.05) is 164 Å². The maximum Gasteiger partial charge on any atom is 0.105 e. The van der Waals surface area contributed by atoms with Crippen LogP contribution in [0, 0.1) is 27.7 Å². The Morgan fingerprint density at radius 1 is 0.373 bits per heavy atom. The highest BCUT2D eigenvalue weighted by Crippen LogP contribution is 2.57. The van der Waals surface area contributed by atoms with Gasteiger partial charge in [0.1, 0.15) is 11.4 Å². The number of rotatable bonds is 6. The molecule has 0 fully saturated rings. The third-order valence-electron chi connectivity index (χ3n) is 14.8. The number of hydrogen-bond donors (Lipinski definition) is 0. The average molecular weight is 876 g/mol. The van der Waals surface area contributed by atoms with Crippen LogP contribution in [0.2, 0.25) is 0 Å². The average Bonchev–Trinajstić information content (AvgIpc) is 4.06. The van der Waals surface area contributed by atoms with Gasteiger partial charge in [0.05, 0.1) is 0 Å². The molecular weight excluding hydrogens is 831 g/mol. The first kappa shape index (κ1) is 39.6. The molecular formula is C63H45N3S. The number of nitrogens with zero attached hydrogens (tertiary/aromatic N) is 3. The third-order valence-corrected chi connectivity index (χ3v) is 15.9. The molecule has 4 heteroatoms. The van der Waals surface area contributed by atoms with Crippen molar-refractivity contribution in [1.29, 1.82) is 0 Å². The van der Waals surface area contributed by atoms with Crippen LogP contribution in [0.25, 0.3) is 109 Å². The summed E-state index contributed by atoms with van der Waals surface area (Å²) in [7, 11) is 0. The Balaban J connectivity index is 1.23. The highest BCUT2D eigenvalue weighted by atomic mass is 32.1. The molecule has 0 unspecified atom stereocenters. The van der Waals surface area contributed by atoms with E-state index in [1.807, 2.05) is 17.4 Å². The van der Waals surface area contributed by atoms with Crippen LogP contribution in [-0.4, -0.2) is 15.4 Å². The molecule has 2 aliphatic carbocycles. The lowest BCUT2D eigenvalue weighted by molar-refractivity contribution is 0.879. The van der Waals surface area contributed by atoms with Gasteiger partial charge in [0.15, 0.2) is 0 Å². The fourth-order valence-corrected chi connectivity index (χ4v) is 12.6. The van der Waals surface area contributed by atoms with E-state index in [4.69, 9.17) is 10.2 Å². The van der Waals surface area contributed by atoms with Gasteiger partial charge in [-0.3, -0.25) is 0 Å². The number of aromatic nitrogens is 3. The topological polar surface area (TPSA) is 38.7 Å². The molecule has 11 aromatic rings. The van der Waals surface area contributed by atoms with Gasteiger partial charge in [-0.25, -0.2) is 0 Å². The normalized spacial score (nSPS) is 12.4. The fraction of sp³-hybridized carbons (Fsp3) is 0.0952. The number of benzene rings is 9. The highest BCUT2D eigenvalue weighted by Gasteiger charge is 2.33. The number of hydrogen-bond acceptors (Lipinski definition) is 4. The van der Waals surface area contributed by atoms with Crippen molar-refractivity contribution in [1.82, 2.24) is 15.4 Å². The molecule has 2 aliphatic rings. The zero-order chi connectivity index (χ0) is 44.9. The van der Waals surface area contributed by atoms with Gasteiger partial charge in [0.2, 0.25) is 0 Å². The van der Waals surface area contributed by atoms with E-state index in [9.17, 15) is 0 Å². The zero-order valence-corrected chi connectivity index (χ0v) is 38.7. The summed E-state index contributed by atoms with van der Waals surface area (Å²) in [5.74, 6) is 0. The smallest absolute Gasteiger partial charge is 0.105 e. The van der Waals surface area contributed by atoms with Crippen LogP contribution in [0.3, 0.4) is 0 Å². The first-order chi connectivity index (χ1) is 32.9. The van der Waals surface area contributed by atoms with Crippen LogP contribution >= 0.6 is 11.3 Å². The van der Waals surface area contributed by atoms with Crippen molar-refractivity contribution in [2.24, 2.45) is 0 Å².